The van der Waals surface area contributed by atoms with Gasteiger partial charge >= 0.3 is 0 Å². The normalized spacial score (nSPS) is 20.6. The molecule has 0 bridgehead atoms. The summed E-state index contributed by atoms with van der Waals surface area (Å²) in [7, 11) is -3.51. The number of amides is 1. The smallest absolute Gasteiger partial charge is 0.243 e. The van der Waals surface area contributed by atoms with Crippen LogP contribution in [-0.2, 0) is 14.8 Å². The van der Waals surface area contributed by atoms with Crippen LogP contribution in [0.5, 0.6) is 0 Å². The lowest BCUT2D eigenvalue weighted by atomic mass is 9.84. The zero-order valence-electron chi connectivity index (χ0n) is 16.6. The van der Waals surface area contributed by atoms with Gasteiger partial charge in [0.25, 0.3) is 0 Å². The molecule has 1 aliphatic heterocycles. The lowest BCUT2D eigenvalue weighted by Crippen LogP contribution is -2.38. The van der Waals surface area contributed by atoms with Crippen molar-refractivity contribution in [2.75, 3.05) is 26.2 Å². The van der Waals surface area contributed by atoms with Gasteiger partial charge in [-0.05, 0) is 42.9 Å². The second kappa shape index (κ2) is 8.74. The highest BCUT2D eigenvalue weighted by molar-refractivity contribution is 7.89. The fraction of sp³-hybridized carbons (Fsp3) is 0.667. The number of hydrogen-bond acceptors (Lipinski definition) is 3. The molecule has 2 fully saturated rings. The molecule has 3 rings (SSSR count). The maximum Gasteiger partial charge on any atom is 0.243 e. The molecule has 1 aromatic rings. The maximum absolute atomic E-state index is 13.1. The molecular formula is C21H32N2O3S. The van der Waals surface area contributed by atoms with Crippen LogP contribution in [0.1, 0.15) is 63.9 Å². The van der Waals surface area contributed by atoms with E-state index >= 15 is 0 Å². The molecule has 2 aliphatic rings. The van der Waals surface area contributed by atoms with Crippen molar-refractivity contribution in [2.45, 2.75) is 63.2 Å². The first-order chi connectivity index (χ1) is 12.9. The van der Waals surface area contributed by atoms with Crippen molar-refractivity contribution in [3.8, 4) is 0 Å². The summed E-state index contributed by atoms with van der Waals surface area (Å²) in [5.74, 6) is 0.621. The van der Waals surface area contributed by atoms with Crippen LogP contribution in [-0.4, -0.2) is 49.7 Å². The van der Waals surface area contributed by atoms with Crippen LogP contribution in [0.25, 0.3) is 0 Å². The zero-order chi connectivity index (χ0) is 19.4. The number of benzene rings is 1. The summed E-state index contributed by atoms with van der Waals surface area (Å²) in [5, 5.41) is 0. The summed E-state index contributed by atoms with van der Waals surface area (Å²) < 4.78 is 27.7. The number of nitrogens with zero attached hydrogens (tertiary/aromatic N) is 2. The first-order valence-electron chi connectivity index (χ1n) is 10.3. The van der Waals surface area contributed by atoms with Gasteiger partial charge in [0.05, 0.1) is 4.90 Å². The van der Waals surface area contributed by atoms with Crippen molar-refractivity contribution in [1.29, 1.82) is 0 Å². The quantitative estimate of drug-likeness (QED) is 0.786. The van der Waals surface area contributed by atoms with Crippen molar-refractivity contribution in [2.24, 2.45) is 5.92 Å². The summed E-state index contributed by atoms with van der Waals surface area (Å²) in [6.07, 6.45) is 6.94. The predicted molar refractivity (Wildman–Crippen MR) is 107 cm³/mol. The monoisotopic (exact) mass is 392 g/mol. The van der Waals surface area contributed by atoms with E-state index in [9.17, 15) is 13.2 Å². The van der Waals surface area contributed by atoms with Crippen LogP contribution < -0.4 is 0 Å². The first kappa shape index (κ1) is 20.3. The standard InChI is InChI=1S/C21H32N2O3S/c1-17(2)21(24)22-13-6-14-23(16-15-22)27(25,26)20-11-9-19(10-12-20)18-7-4-3-5-8-18/h9-12,17-18H,3-8,13-16H2,1-2H3. The van der Waals surface area contributed by atoms with Gasteiger partial charge in [0.1, 0.15) is 0 Å². The summed E-state index contributed by atoms with van der Waals surface area (Å²) in [6.45, 7) is 5.70. The molecule has 150 valence electrons. The Labute approximate surface area is 163 Å². The fourth-order valence-corrected chi connectivity index (χ4v) is 5.69. The van der Waals surface area contributed by atoms with Crippen LogP contribution >= 0.6 is 0 Å². The molecule has 6 heteroatoms. The van der Waals surface area contributed by atoms with Crippen molar-refractivity contribution in [1.82, 2.24) is 9.21 Å². The predicted octanol–water partition coefficient (Wildman–Crippen LogP) is 3.61. The van der Waals surface area contributed by atoms with Gasteiger partial charge in [0, 0.05) is 32.1 Å². The highest BCUT2D eigenvalue weighted by atomic mass is 32.2. The molecule has 0 atom stereocenters. The summed E-state index contributed by atoms with van der Waals surface area (Å²) in [4.78, 5) is 14.4. The van der Waals surface area contributed by atoms with E-state index in [0.717, 1.165) is 0 Å². The van der Waals surface area contributed by atoms with Crippen LogP contribution in [0.2, 0.25) is 0 Å². The van der Waals surface area contributed by atoms with Crippen molar-refractivity contribution in [3.05, 3.63) is 29.8 Å². The Morgan fingerprint density at radius 2 is 1.59 bits per heavy atom. The highest BCUT2D eigenvalue weighted by Crippen LogP contribution is 2.33. The molecular weight excluding hydrogens is 360 g/mol. The lowest BCUT2D eigenvalue weighted by Gasteiger charge is -2.24. The maximum atomic E-state index is 13.1. The van der Waals surface area contributed by atoms with Crippen molar-refractivity contribution >= 4 is 15.9 Å². The minimum absolute atomic E-state index is 0.0551. The number of carbonyl (C=O) groups is 1. The summed E-state index contributed by atoms with van der Waals surface area (Å²) in [6, 6.07) is 7.52. The second-order valence-corrected chi connectivity index (χ2v) is 10.1. The molecule has 1 aromatic carbocycles. The van der Waals surface area contributed by atoms with Crippen LogP contribution in [0.3, 0.4) is 0 Å². The summed E-state index contributed by atoms with van der Waals surface area (Å²) in [5.41, 5.74) is 1.26. The van der Waals surface area contributed by atoms with E-state index in [1.807, 2.05) is 26.0 Å². The Hall–Kier alpha value is -1.40. The van der Waals surface area contributed by atoms with E-state index in [-0.39, 0.29) is 11.8 Å². The van der Waals surface area contributed by atoms with E-state index in [4.69, 9.17) is 0 Å². The molecule has 27 heavy (non-hydrogen) atoms. The van der Waals surface area contributed by atoms with Gasteiger partial charge in [-0.3, -0.25) is 4.79 Å². The van der Waals surface area contributed by atoms with E-state index in [0.29, 0.717) is 43.4 Å². The average molecular weight is 393 g/mol. The van der Waals surface area contributed by atoms with E-state index in [1.54, 1.807) is 17.0 Å². The van der Waals surface area contributed by atoms with Crippen molar-refractivity contribution in [3.63, 3.8) is 0 Å². The van der Waals surface area contributed by atoms with Gasteiger partial charge in [0.2, 0.25) is 15.9 Å². The Morgan fingerprint density at radius 1 is 0.926 bits per heavy atom. The van der Waals surface area contributed by atoms with E-state index in [2.05, 4.69) is 0 Å². The molecule has 0 aromatic heterocycles. The molecule has 1 aliphatic carbocycles. The third kappa shape index (κ3) is 4.72. The zero-order valence-corrected chi connectivity index (χ0v) is 17.4. The SMILES string of the molecule is CC(C)C(=O)N1CCCN(S(=O)(=O)c2ccc(C3CCCCC3)cc2)CC1. The largest absolute Gasteiger partial charge is 0.341 e. The topological polar surface area (TPSA) is 57.7 Å². The van der Waals surface area contributed by atoms with E-state index in [1.165, 1.54) is 42.0 Å². The number of carbonyl (C=O) groups excluding carboxylic acids is 1. The molecule has 1 saturated carbocycles. The van der Waals surface area contributed by atoms with Crippen LogP contribution in [0, 0.1) is 5.92 Å². The van der Waals surface area contributed by atoms with E-state index < -0.39 is 10.0 Å². The Bertz CT molecular complexity index is 737. The molecule has 5 nitrogen and oxygen atoms in total. The van der Waals surface area contributed by atoms with Gasteiger partial charge < -0.3 is 4.90 Å². The second-order valence-electron chi connectivity index (χ2n) is 8.14. The minimum Gasteiger partial charge on any atom is -0.341 e. The third-order valence-corrected chi connectivity index (χ3v) is 7.77. The highest BCUT2D eigenvalue weighted by Gasteiger charge is 2.29. The van der Waals surface area contributed by atoms with Gasteiger partial charge in [-0.25, -0.2) is 8.42 Å². The first-order valence-corrected chi connectivity index (χ1v) is 11.7. The Kier molecular flexibility index (Phi) is 6.58. The van der Waals surface area contributed by atoms with Gasteiger partial charge in [-0.2, -0.15) is 4.31 Å². The Morgan fingerprint density at radius 3 is 2.22 bits per heavy atom. The summed E-state index contributed by atoms with van der Waals surface area (Å²) >= 11 is 0. The minimum atomic E-state index is -3.51. The number of rotatable bonds is 4. The number of hydrogen-bond donors (Lipinski definition) is 0. The molecule has 1 heterocycles. The van der Waals surface area contributed by atoms with Crippen LogP contribution in [0.15, 0.2) is 29.2 Å². The molecule has 1 saturated heterocycles. The van der Waals surface area contributed by atoms with Gasteiger partial charge in [-0.15, -0.1) is 0 Å². The van der Waals surface area contributed by atoms with Gasteiger partial charge in [0.15, 0.2) is 0 Å². The van der Waals surface area contributed by atoms with Crippen LogP contribution in [0.4, 0.5) is 0 Å². The Balaban J connectivity index is 1.69. The molecule has 1 amide bonds. The fourth-order valence-electron chi connectivity index (χ4n) is 4.22. The lowest BCUT2D eigenvalue weighted by molar-refractivity contribution is -0.134. The van der Waals surface area contributed by atoms with Gasteiger partial charge in [-0.1, -0.05) is 45.2 Å². The molecule has 0 N–H and O–H groups in total. The average Bonchev–Trinajstić information content (AvgIpc) is 2.95. The molecule has 0 radical (unpaired) electrons. The third-order valence-electron chi connectivity index (χ3n) is 5.85. The molecule has 0 unspecified atom stereocenters. The number of sulfonamides is 1. The molecule has 0 spiro atoms. The van der Waals surface area contributed by atoms with Crippen molar-refractivity contribution < 1.29 is 13.2 Å².